The summed E-state index contributed by atoms with van der Waals surface area (Å²) >= 11 is 0. The van der Waals surface area contributed by atoms with Crippen LogP contribution >= 0.6 is 0 Å². The van der Waals surface area contributed by atoms with Crippen LogP contribution in [0.1, 0.15) is 24.9 Å². The first-order chi connectivity index (χ1) is 9.54. The minimum Gasteiger partial charge on any atom is -0.497 e. The van der Waals surface area contributed by atoms with E-state index in [1.165, 1.54) is 6.92 Å². The van der Waals surface area contributed by atoms with Crippen LogP contribution in [-0.4, -0.2) is 37.2 Å². The summed E-state index contributed by atoms with van der Waals surface area (Å²) in [5, 5.41) is 14.8. The number of benzene rings is 1. The van der Waals surface area contributed by atoms with Crippen LogP contribution in [0.3, 0.4) is 0 Å². The summed E-state index contributed by atoms with van der Waals surface area (Å²) in [7, 11) is 1.56. The normalized spacial score (nSPS) is 11.7. The maximum atomic E-state index is 11.3. The van der Waals surface area contributed by atoms with E-state index in [9.17, 15) is 14.7 Å². The second kappa shape index (κ2) is 8.16. The molecule has 0 bridgehead atoms. The van der Waals surface area contributed by atoms with E-state index in [4.69, 9.17) is 4.74 Å². The number of methoxy groups -OCH3 is 1. The lowest BCUT2D eigenvalue weighted by atomic mass is 10.1. The molecular weight excluding hydrogens is 260 g/mol. The monoisotopic (exact) mass is 280 g/mol. The molecule has 0 radical (unpaired) electrons. The molecule has 0 saturated heterocycles. The number of nitrogens with one attached hydrogen (secondary N) is 2. The molecule has 1 amide bonds. The quantitative estimate of drug-likeness (QED) is 0.617. The SMILES string of the molecule is COc1ccc(C(NCCCNC(C)=O)C(=O)O)cc1. The smallest absolute Gasteiger partial charge is 0.325 e. The van der Waals surface area contributed by atoms with Gasteiger partial charge in [-0.3, -0.25) is 9.59 Å². The van der Waals surface area contributed by atoms with Crippen LogP contribution in [0.5, 0.6) is 5.75 Å². The van der Waals surface area contributed by atoms with Crippen molar-refractivity contribution < 1.29 is 19.4 Å². The van der Waals surface area contributed by atoms with Gasteiger partial charge in [0.2, 0.25) is 5.91 Å². The fraction of sp³-hybridized carbons (Fsp3) is 0.429. The molecule has 0 heterocycles. The summed E-state index contributed by atoms with van der Waals surface area (Å²) in [6, 6.07) is 6.13. The number of carbonyl (C=O) groups excluding carboxylic acids is 1. The molecular formula is C14H20N2O4. The van der Waals surface area contributed by atoms with Gasteiger partial charge >= 0.3 is 5.97 Å². The molecule has 3 N–H and O–H groups in total. The van der Waals surface area contributed by atoms with E-state index in [-0.39, 0.29) is 5.91 Å². The summed E-state index contributed by atoms with van der Waals surface area (Å²) in [4.78, 5) is 22.0. The van der Waals surface area contributed by atoms with E-state index in [1.54, 1.807) is 31.4 Å². The molecule has 1 rings (SSSR count). The van der Waals surface area contributed by atoms with Gasteiger partial charge in [-0.15, -0.1) is 0 Å². The molecule has 1 atom stereocenters. The van der Waals surface area contributed by atoms with Crippen LogP contribution in [0.4, 0.5) is 0 Å². The van der Waals surface area contributed by atoms with E-state index in [2.05, 4.69) is 10.6 Å². The summed E-state index contributed by atoms with van der Waals surface area (Å²) < 4.78 is 5.04. The molecule has 0 aliphatic carbocycles. The maximum absolute atomic E-state index is 11.3. The summed E-state index contributed by atoms with van der Waals surface area (Å²) in [6.45, 7) is 2.48. The molecule has 0 spiro atoms. The molecule has 20 heavy (non-hydrogen) atoms. The minimum atomic E-state index is -0.935. The van der Waals surface area contributed by atoms with Gasteiger partial charge < -0.3 is 20.5 Å². The highest BCUT2D eigenvalue weighted by Crippen LogP contribution is 2.17. The Bertz CT molecular complexity index is 445. The van der Waals surface area contributed by atoms with Crippen molar-refractivity contribution in [3.63, 3.8) is 0 Å². The topological polar surface area (TPSA) is 87.7 Å². The highest BCUT2D eigenvalue weighted by atomic mass is 16.5. The van der Waals surface area contributed by atoms with E-state index in [1.807, 2.05) is 0 Å². The van der Waals surface area contributed by atoms with Crippen LogP contribution in [0, 0.1) is 0 Å². The number of ether oxygens (including phenoxy) is 1. The first kappa shape index (κ1) is 16.0. The molecule has 0 aliphatic rings. The Kier molecular flexibility index (Phi) is 6.52. The zero-order chi connectivity index (χ0) is 15.0. The Hall–Kier alpha value is -2.08. The summed E-state index contributed by atoms with van der Waals surface area (Å²) in [5.74, 6) is -0.340. The lowest BCUT2D eigenvalue weighted by molar-refractivity contribution is -0.139. The molecule has 1 unspecified atom stereocenters. The Labute approximate surface area is 118 Å². The fourth-order valence-electron chi connectivity index (χ4n) is 1.74. The van der Waals surface area contributed by atoms with Crippen molar-refractivity contribution in [1.82, 2.24) is 10.6 Å². The molecule has 1 aromatic carbocycles. The van der Waals surface area contributed by atoms with Gasteiger partial charge in [0.15, 0.2) is 0 Å². The van der Waals surface area contributed by atoms with Gasteiger partial charge in [0.1, 0.15) is 11.8 Å². The third-order valence-corrected chi connectivity index (χ3v) is 2.77. The van der Waals surface area contributed by atoms with Gasteiger partial charge in [0, 0.05) is 13.5 Å². The molecule has 1 aromatic rings. The van der Waals surface area contributed by atoms with E-state index in [0.717, 1.165) is 0 Å². The number of aliphatic carboxylic acids is 1. The van der Waals surface area contributed by atoms with E-state index < -0.39 is 12.0 Å². The van der Waals surface area contributed by atoms with Crippen molar-refractivity contribution in [2.45, 2.75) is 19.4 Å². The minimum absolute atomic E-state index is 0.0880. The number of carboxylic acid groups (broad SMARTS) is 1. The highest BCUT2D eigenvalue weighted by molar-refractivity contribution is 5.75. The van der Waals surface area contributed by atoms with Gasteiger partial charge in [-0.25, -0.2) is 0 Å². The largest absolute Gasteiger partial charge is 0.497 e. The van der Waals surface area contributed by atoms with Gasteiger partial charge in [-0.05, 0) is 30.7 Å². The molecule has 110 valence electrons. The van der Waals surface area contributed by atoms with Crippen molar-refractivity contribution in [1.29, 1.82) is 0 Å². The first-order valence-electron chi connectivity index (χ1n) is 6.39. The zero-order valence-corrected chi connectivity index (χ0v) is 11.7. The second-order valence-corrected chi connectivity index (χ2v) is 4.34. The van der Waals surface area contributed by atoms with Crippen molar-refractivity contribution in [3.8, 4) is 5.75 Å². The van der Waals surface area contributed by atoms with Gasteiger partial charge in [-0.1, -0.05) is 12.1 Å². The average Bonchev–Trinajstić information content (AvgIpc) is 2.42. The van der Waals surface area contributed by atoms with Crippen molar-refractivity contribution in [3.05, 3.63) is 29.8 Å². The fourth-order valence-corrected chi connectivity index (χ4v) is 1.74. The number of carboxylic acids is 1. The number of carbonyl (C=O) groups is 2. The number of hydrogen-bond donors (Lipinski definition) is 3. The predicted molar refractivity (Wildman–Crippen MR) is 74.7 cm³/mol. The van der Waals surface area contributed by atoms with Crippen molar-refractivity contribution in [2.75, 3.05) is 20.2 Å². The lowest BCUT2D eigenvalue weighted by Gasteiger charge is -2.15. The lowest BCUT2D eigenvalue weighted by Crippen LogP contribution is -2.31. The first-order valence-corrected chi connectivity index (χ1v) is 6.39. The summed E-state index contributed by atoms with van der Waals surface area (Å²) in [6.07, 6.45) is 0.666. The Morgan fingerprint density at radius 2 is 1.90 bits per heavy atom. The molecule has 0 aromatic heterocycles. The van der Waals surface area contributed by atoms with Crippen LogP contribution in [-0.2, 0) is 9.59 Å². The molecule has 6 nitrogen and oxygen atoms in total. The van der Waals surface area contributed by atoms with Gasteiger partial charge in [-0.2, -0.15) is 0 Å². The maximum Gasteiger partial charge on any atom is 0.325 e. The average molecular weight is 280 g/mol. The number of hydrogen-bond acceptors (Lipinski definition) is 4. The third-order valence-electron chi connectivity index (χ3n) is 2.77. The number of rotatable bonds is 8. The van der Waals surface area contributed by atoms with Crippen molar-refractivity contribution >= 4 is 11.9 Å². The van der Waals surface area contributed by atoms with Gasteiger partial charge in [0.25, 0.3) is 0 Å². The third kappa shape index (κ3) is 5.27. The van der Waals surface area contributed by atoms with Crippen LogP contribution in [0.15, 0.2) is 24.3 Å². The summed E-state index contributed by atoms with van der Waals surface area (Å²) in [5.41, 5.74) is 0.665. The molecule has 6 heteroatoms. The standard InChI is InChI=1S/C14H20N2O4/c1-10(17)15-8-3-9-16-13(14(18)19)11-4-6-12(20-2)7-5-11/h4-7,13,16H,3,8-9H2,1-2H3,(H,15,17)(H,18,19). The zero-order valence-electron chi connectivity index (χ0n) is 11.7. The Morgan fingerprint density at radius 1 is 1.25 bits per heavy atom. The van der Waals surface area contributed by atoms with Crippen LogP contribution in [0.25, 0.3) is 0 Å². The van der Waals surface area contributed by atoms with Gasteiger partial charge in [0.05, 0.1) is 7.11 Å². The molecule has 0 saturated carbocycles. The van der Waals surface area contributed by atoms with Crippen LogP contribution < -0.4 is 15.4 Å². The Balaban J connectivity index is 2.51. The predicted octanol–water partition coefficient (Wildman–Crippen LogP) is 0.937. The highest BCUT2D eigenvalue weighted by Gasteiger charge is 2.18. The number of amides is 1. The Morgan fingerprint density at radius 3 is 2.40 bits per heavy atom. The molecule has 0 aliphatic heterocycles. The van der Waals surface area contributed by atoms with Crippen LogP contribution in [0.2, 0.25) is 0 Å². The van der Waals surface area contributed by atoms with Crippen molar-refractivity contribution in [2.24, 2.45) is 0 Å². The molecule has 0 fully saturated rings. The van der Waals surface area contributed by atoms with E-state index >= 15 is 0 Å². The van der Waals surface area contributed by atoms with E-state index in [0.29, 0.717) is 30.8 Å². The second-order valence-electron chi connectivity index (χ2n) is 4.34.